The summed E-state index contributed by atoms with van der Waals surface area (Å²) >= 11 is 3.26. The van der Waals surface area contributed by atoms with Crippen LogP contribution in [0.25, 0.3) is 0 Å². The van der Waals surface area contributed by atoms with Gasteiger partial charge in [-0.15, -0.1) is 0 Å². The Morgan fingerprint density at radius 2 is 2.11 bits per heavy atom. The van der Waals surface area contributed by atoms with Crippen molar-refractivity contribution < 1.29 is 19.0 Å². The largest absolute Gasteiger partial charge is 0.492 e. The normalized spacial score (nSPS) is 10.4. The molecule has 1 N–H and O–H groups in total. The highest BCUT2D eigenvalue weighted by molar-refractivity contribution is 9.10. The van der Waals surface area contributed by atoms with E-state index in [1.54, 1.807) is 6.92 Å². The predicted molar refractivity (Wildman–Crippen MR) is 71.2 cm³/mol. The zero-order chi connectivity index (χ0) is 13.5. The second-order valence-corrected chi connectivity index (χ2v) is 4.92. The highest BCUT2D eigenvalue weighted by atomic mass is 79.9. The number of alkyl halides is 1. The lowest BCUT2D eigenvalue weighted by Crippen LogP contribution is -2.06. The summed E-state index contributed by atoms with van der Waals surface area (Å²) < 4.78 is 18.1. The highest BCUT2D eigenvalue weighted by Gasteiger charge is 2.14. The number of aromatic carboxylic acids is 1. The molecular weight excluding hydrogens is 303 g/mol. The summed E-state index contributed by atoms with van der Waals surface area (Å²) in [6.07, 6.45) is 1.99. The summed E-state index contributed by atoms with van der Waals surface area (Å²) in [7, 11) is 0. The summed E-state index contributed by atoms with van der Waals surface area (Å²) in [6, 6.07) is 3.33. The van der Waals surface area contributed by atoms with Crippen LogP contribution in [0.3, 0.4) is 0 Å². The summed E-state index contributed by atoms with van der Waals surface area (Å²) in [5.74, 6) is -0.621. The number of carboxylic acids is 1. The van der Waals surface area contributed by atoms with E-state index in [2.05, 4.69) is 15.9 Å². The molecule has 5 heteroatoms. The number of rotatable bonds is 7. The number of benzene rings is 1. The smallest absolute Gasteiger partial charge is 0.339 e. The van der Waals surface area contributed by atoms with Crippen LogP contribution in [0.15, 0.2) is 16.6 Å². The molecule has 0 saturated heterocycles. The Kier molecular flexibility index (Phi) is 6.12. The SMILES string of the molecule is Cc1cc(Br)cc(C(=O)O)c1OCCCCCF. The molecule has 1 aromatic carbocycles. The second-order valence-electron chi connectivity index (χ2n) is 4.00. The van der Waals surface area contributed by atoms with Crippen LogP contribution in [-0.2, 0) is 0 Å². The molecule has 18 heavy (non-hydrogen) atoms. The van der Waals surface area contributed by atoms with Crippen molar-refractivity contribution in [2.75, 3.05) is 13.3 Å². The molecule has 0 spiro atoms. The standard InChI is InChI=1S/C13H16BrFO3/c1-9-7-10(14)8-11(13(16)17)12(9)18-6-4-2-3-5-15/h7-8H,2-6H2,1H3,(H,16,17). The van der Waals surface area contributed by atoms with Crippen LogP contribution >= 0.6 is 15.9 Å². The van der Waals surface area contributed by atoms with Crippen LogP contribution in [0.1, 0.15) is 35.2 Å². The number of aryl methyl sites for hydroxylation is 1. The minimum absolute atomic E-state index is 0.146. The monoisotopic (exact) mass is 318 g/mol. The van der Waals surface area contributed by atoms with Crippen LogP contribution in [0.5, 0.6) is 5.75 Å². The van der Waals surface area contributed by atoms with Gasteiger partial charge in [-0.1, -0.05) is 15.9 Å². The third-order valence-corrected chi connectivity index (χ3v) is 2.95. The number of halogens is 2. The molecule has 0 aliphatic carbocycles. The Bertz CT molecular complexity index is 421. The Morgan fingerprint density at radius 3 is 2.72 bits per heavy atom. The van der Waals surface area contributed by atoms with Crippen molar-refractivity contribution in [1.29, 1.82) is 0 Å². The summed E-state index contributed by atoms with van der Waals surface area (Å²) in [6.45, 7) is 1.88. The zero-order valence-corrected chi connectivity index (χ0v) is 11.8. The van der Waals surface area contributed by atoms with Crippen molar-refractivity contribution >= 4 is 21.9 Å². The van der Waals surface area contributed by atoms with Gasteiger partial charge in [-0.2, -0.15) is 0 Å². The average Bonchev–Trinajstić information content (AvgIpc) is 2.30. The van der Waals surface area contributed by atoms with E-state index in [1.165, 1.54) is 6.07 Å². The molecule has 0 amide bonds. The maximum Gasteiger partial charge on any atom is 0.339 e. The number of hydrogen-bond acceptors (Lipinski definition) is 2. The minimum atomic E-state index is -1.02. The maximum absolute atomic E-state index is 11.9. The van der Waals surface area contributed by atoms with Crippen molar-refractivity contribution in [3.05, 3.63) is 27.7 Å². The molecule has 0 radical (unpaired) electrons. The average molecular weight is 319 g/mol. The van der Waals surface area contributed by atoms with Crippen molar-refractivity contribution in [2.24, 2.45) is 0 Å². The first-order valence-corrected chi connectivity index (χ1v) is 6.57. The third-order valence-electron chi connectivity index (χ3n) is 2.49. The van der Waals surface area contributed by atoms with Gasteiger partial charge in [0.25, 0.3) is 0 Å². The molecule has 0 aliphatic rings. The van der Waals surface area contributed by atoms with Gasteiger partial charge in [0.1, 0.15) is 11.3 Å². The minimum Gasteiger partial charge on any atom is -0.492 e. The quantitative estimate of drug-likeness (QED) is 0.774. The Hall–Kier alpha value is -1.10. The number of ether oxygens (including phenoxy) is 1. The van der Waals surface area contributed by atoms with Crippen LogP contribution in [0, 0.1) is 6.92 Å². The molecule has 1 aromatic rings. The zero-order valence-electron chi connectivity index (χ0n) is 10.2. The fourth-order valence-corrected chi connectivity index (χ4v) is 2.20. The summed E-state index contributed by atoms with van der Waals surface area (Å²) in [5.41, 5.74) is 0.916. The fraction of sp³-hybridized carbons (Fsp3) is 0.462. The fourth-order valence-electron chi connectivity index (χ4n) is 1.63. The van der Waals surface area contributed by atoms with E-state index >= 15 is 0 Å². The van der Waals surface area contributed by atoms with E-state index in [-0.39, 0.29) is 12.2 Å². The molecule has 0 heterocycles. The first-order chi connectivity index (χ1) is 8.56. The Balaban J connectivity index is 2.71. The van der Waals surface area contributed by atoms with E-state index in [0.29, 0.717) is 23.2 Å². The van der Waals surface area contributed by atoms with E-state index in [9.17, 15) is 9.18 Å². The van der Waals surface area contributed by atoms with Gasteiger partial charge in [0, 0.05) is 4.47 Å². The lowest BCUT2D eigenvalue weighted by molar-refractivity contribution is 0.0692. The van der Waals surface area contributed by atoms with Gasteiger partial charge >= 0.3 is 5.97 Å². The number of carboxylic acid groups (broad SMARTS) is 1. The van der Waals surface area contributed by atoms with Gasteiger partial charge in [0.2, 0.25) is 0 Å². The number of hydrogen-bond donors (Lipinski definition) is 1. The summed E-state index contributed by atoms with van der Waals surface area (Å²) in [5, 5.41) is 9.10. The second kappa shape index (κ2) is 7.36. The lowest BCUT2D eigenvalue weighted by Gasteiger charge is -2.12. The first kappa shape index (κ1) is 15.0. The number of unbranched alkanes of at least 4 members (excludes halogenated alkanes) is 2. The van der Waals surface area contributed by atoms with Gasteiger partial charge in [0.15, 0.2) is 0 Å². The molecule has 0 fully saturated rings. The molecule has 0 aromatic heterocycles. The molecular formula is C13H16BrFO3. The van der Waals surface area contributed by atoms with Gasteiger partial charge < -0.3 is 9.84 Å². The van der Waals surface area contributed by atoms with E-state index in [1.807, 2.05) is 6.07 Å². The maximum atomic E-state index is 11.9. The van der Waals surface area contributed by atoms with Gasteiger partial charge in [-0.25, -0.2) is 4.79 Å². The van der Waals surface area contributed by atoms with Crippen LogP contribution in [-0.4, -0.2) is 24.4 Å². The van der Waals surface area contributed by atoms with Crippen LogP contribution in [0.4, 0.5) is 4.39 Å². The third kappa shape index (κ3) is 4.29. The molecule has 0 saturated carbocycles. The molecule has 0 aliphatic heterocycles. The first-order valence-electron chi connectivity index (χ1n) is 5.78. The number of carbonyl (C=O) groups is 1. The molecule has 0 unspecified atom stereocenters. The van der Waals surface area contributed by atoms with Crippen molar-refractivity contribution in [3.63, 3.8) is 0 Å². The molecule has 1 rings (SSSR count). The molecule has 3 nitrogen and oxygen atoms in total. The molecule has 0 atom stereocenters. The van der Waals surface area contributed by atoms with E-state index in [0.717, 1.165) is 18.4 Å². The van der Waals surface area contributed by atoms with Gasteiger partial charge in [0.05, 0.1) is 13.3 Å². The lowest BCUT2D eigenvalue weighted by atomic mass is 10.1. The van der Waals surface area contributed by atoms with Crippen molar-refractivity contribution in [3.8, 4) is 5.75 Å². The topological polar surface area (TPSA) is 46.5 Å². The Morgan fingerprint density at radius 1 is 1.39 bits per heavy atom. The Labute approximate surface area is 114 Å². The van der Waals surface area contributed by atoms with Gasteiger partial charge in [-0.05, 0) is 43.9 Å². The van der Waals surface area contributed by atoms with Gasteiger partial charge in [-0.3, -0.25) is 4.39 Å². The summed E-state index contributed by atoms with van der Waals surface area (Å²) in [4.78, 5) is 11.1. The van der Waals surface area contributed by atoms with Crippen molar-refractivity contribution in [1.82, 2.24) is 0 Å². The van der Waals surface area contributed by atoms with Crippen molar-refractivity contribution in [2.45, 2.75) is 26.2 Å². The van der Waals surface area contributed by atoms with Crippen LogP contribution < -0.4 is 4.74 Å². The molecule has 100 valence electrons. The van der Waals surface area contributed by atoms with E-state index in [4.69, 9.17) is 9.84 Å². The molecule has 0 bridgehead atoms. The predicted octanol–water partition coefficient (Wildman–Crippen LogP) is 3.97. The highest BCUT2D eigenvalue weighted by Crippen LogP contribution is 2.28. The van der Waals surface area contributed by atoms with E-state index < -0.39 is 5.97 Å². The van der Waals surface area contributed by atoms with Crippen LogP contribution in [0.2, 0.25) is 0 Å².